The number of hydrogen-bond donors (Lipinski definition) is 0. The number of rotatable bonds is 7. The van der Waals surface area contributed by atoms with Gasteiger partial charge in [0.1, 0.15) is 31.3 Å². The highest BCUT2D eigenvalue weighted by atomic mass is 32.1. The molecule has 2 amide bonds. The van der Waals surface area contributed by atoms with E-state index in [1.54, 1.807) is 23.1 Å². The molecule has 2 aliphatic heterocycles. The van der Waals surface area contributed by atoms with E-state index in [-0.39, 0.29) is 25.7 Å². The van der Waals surface area contributed by atoms with Gasteiger partial charge in [-0.2, -0.15) is 4.37 Å². The van der Waals surface area contributed by atoms with Crippen molar-refractivity contribution in [2.24, 2.45) is 0 Å². The second-order valence-electron chi connectivity index (χ2n) is 7.42. The van der Waals surface area contributed by atoms with Crippen LogP contribution in [-0.4, -0.2) is 70.6 Å². The lowest BCUT2D eigenvalue weighted by Gasteiger charge is -2.27. The number of cyclic esters (lactones) is 1. The summed E-state index contributed by atoms with van der Waals surface area (Å²) in [6.07, 6.45) is 3.12. The second kappa shape index (κ2) is 9.94. The Labute approximate surface area is 192 Å². The van der Waals surface area contributed by atoms with E-state index in [1.807, 2.05) is 0 Å². The molecule has 33 heavy (non-hydrogen) atoms. The van der Waals surface area contributed by atoms with E-state index in [0.717, 1.165) is 17.3 Å². The van der Waals surface area contributed by atoms with Crippen LogP contribution in [-0.2, 0) is 19.1 Å². The van der Waals surface area contributed by atoms with E-state index in [9.17, 15) is 14.4 Å². The molecule has 0 aliphatic carbocycles. The molecule has 1 fully saturated rings. The van der Waals surface area contributed by atoms with E-state index < -0.39 is 23.9 Å². The number of nitrogens with zero attached hydrogens (tertiary/aromatic N) is 4. The molecule has 0 unspecified atom stereocenters. The molecule has 0 saturated carbocycles. The van der Waals surface area contributed by atoms with Gasteiger partial charge in [0.15, 0.2) is 6.61 Å². The van der Waals surface area contributed by atoms with Crippen molar-refractivity contribution >= 4 is 41.0 Å². The SMILES string of the molecule is CC(=O)OCC(=O)N1CC=C(c2ccc(N3C(=O)OC[C@H]3COc3cnsn3)cc2F)CC1. The van der Waals surface area contributed by atoms with Crippen LogP contribution in [0.25, 0.3) is 5.57 Å². The molecule has 1 atom stereocenters. The first-order chi connectivity index (χ1) is 15.9. The van der Waals surface area contributed by atoms with Crippen LogP contribution in [0.15, 0.2) is 30.5 Å². The fraction of sp³-hybridized carbons (Fsp3) is 0.381. The third kappa shape index (κ3) is 5.28. The minimum atomic E-state index is -0.578. The fourth-order valence-electron chi connectivity index (χ4n) is 3.61. The third-order valence-corrected chi connectivity index (χ3v) is 5.72. The molecule has 1 aromatic heterocycles. The predicted octanol–water partition coefficient (Wildman–Crippen LogP) is 2.26. The highest BCUT2D eigenvalue weighted by molar-refractivity contribution is 6.99. The first-order valence-electron chi connectivity index (χ1n) is 10.2. The molecule has 4 rings (SSSR count). The van der Waals surface area contributed by atoms with Crippen molar-refractivity contribution in [1.29, 1.82) is 0 Å². The molecule has 2 aliphatic rings. The lowest BCUT2D eigenvalue weighted by molar-refractivity contribution is -0.150. The van der Waals surface area contributed by atoms with Gasteiger partial charge in [-0.05, 0) is 30.2 Å². The predicted molar refractivity (Wildman–Crippen MR) is 115 cm³/mol. The average molecular weight is 476 g/mol. The molecule has 2 aromatic rings. The van der Waals surface area contributed by atoms with Gasteiger partial charge < -0.3 is 19.1 Å². The van der Waals surface area contributed by atoms with Gasteiger partial charge in [0, 0.05) is 25.6 Å². The Kier molecular flexibility index (Phi) is 6.82. The van der Waals surface area contributed by atoms with Gasteiger partial charge in [-0.25, -0.2) is 9.18 Å². The first kappa shape index (κ1) is 22.6. The summed E-state index contributed by atoms with van der Waals surface area (Å²) in [5, 5.41) is 0. The Balaban J connectivity index is 1.42. The molecule has 12 heteroatoms. The van der Waals surface area contributed by atoms with Crippen LogP contribution in [0.2, 0.25) is 0 Å². The molecule has 1 aromatic carbocycles. The Morgan fingerprint density at radius 3 is 2.88 bits per heavy atom. The van der Waals surface area contributed by atoms with Gasteiger partial charge in [0.2, 0.25) is 5.88 Å². The van der Waals surface area contributed by atoms with E-state index >= 15 is 4.39 Å². The quantitative estimate of drug-likeness (QED) is 0.560. The Morgan fingerprint density at radius 1 is 1.36 bits per heavy atom. The van der Waals surface area contributed by atoms with E-state index in [4.69, 9.17) is 14.2 Å². The average Bonchev–Trinajstić information content (AvgIpc) is 3.45. The minimum absolute atomic E-state index is 0.113. The molecule has 174 valence electrons. The standard InChI is InChI=1S/C21H21FN4O6S/c1-13(27)30-12-20(28)25-6-4-14(5-7-25)17-3-2-15(8-18(17)22)26-16(11-32-21(26)29)10-31-19-9-23-33-24-19/h2-4,8-9,16H,5-7,10-12H2,1H3/t16-/m1/s1. The van der Waals surface area contributed by atoms with E-state index in [0.29, 0.717) is 36.6 Å². The number of esters is 1. The summed E-state index contributed by atoms with van der Waals surface area (Å²) in [4.78, 5) is 38.1. The Hall–Kier alpha value is -3.54. The molecule has 0 spiro atoms. The molecule has 10 nitrogen and oxygen atoms in total. The van der Waals surface area contributed by atoms with Crippen molar-refractivity contribution in [3.63, 3.8) is 0 Å². The smallest absolute Gasteiger partial charge is 0.414 e. The number of carbonyl (C=O) groups is 3. The van der Waals surface area contributed by atoms with Crippen LogP contribution >= 0.6 is 11.7 Å². The Bertz CT molecular complexity index is 1080. The van der Waals surface area contributed by atoms with Crippen LogP contribution in [0.1, 0.15) is 18.9 Å². The fourth-order valence-corrected chi connectivity index (χ4v) is 3.97. The summed E-state index contributed by atoms with van der Waals surface area (Å²) in [5.41, 5.74) is 1.52. The van der Waals surface area contributed by atoms with E-state index in [1.165, 1.54) is 24.1 Å². The van der Waals surface area contributed by atoms with Crippen molar-refractivity contribution in [2.45, 2.75) is 19.4 Å². The van der Waals surface area contributed by atoms with Crippen LogP contribution in [0, 0.1) is 5.82 Å². The van der Waals surface area contributed by atoms with Crippen LogP contribution in [0.3, 0.4) is 0 Å². The zero-order chi connectivity index (χ0) is 23.4. The number of ether oxygens (including phenoxy) is 3. The molecular formula is C21H21FN4O6S. The summed E-state index contributed by atoms with van der Waals surface area (Å²) >= 11 is 1.01. The van der Waals surface area contributed by atoms with Crippen LogP contribution in [0.5, 0.6) is 5.88 Å². The summed E-state index contributed by atoms with van der Waals surface area (Å²) in [5.74, 6) is -0.952. The highest BCUT2D eigenvalue weighted by Gasteiger charge is 2.35. The monoisotopic (exact) mass is 476 g/mol. The lowest BCUT2D eigenvalue weighted by Crippen LogP contribution is -2.38. The number of anilines is 1. The number of aromatic nitrogens is 2. The van der Waals surface area contributed by atoms with Gasteiger partial charge in [-0.1, -0.05) is 6.08 Å². The van der Waals surface area contributed by atoms with Gasteiger partial charge in [-0.3, -0.25) is 14.5 Å². The van der Waals surface area contributed by atoms with Crippen molar-refractivity contribution in [3.05, 3.63) is 41.9 Å². The van der Waals surface area contributed by atoms with Crippen molar-refractivity contribution < 1.29 is 33.0 Å². The van der Waals surface area contributed by atoms with Gasteiger partial charge in [-0.15, -0.1) is 4.37 Å². The first-order valence-corrected chi connectivity index (χ1v) is 10.9. The summed E-state index contributed by atoms with van der Waals surface area (Å²) in [6.45, 7) is 1.85. The van der Waals surface area contributed by atoms with Crippen molar-refractivity contribution in [1.82, 2.24) is 13.6 Å². The lowest BCUT2D eigenvalue weighted by atomic mass is 9.98. The van der Waals surface area contributed by atoms with E-state index in [2.05, 4.69) is 8.75 Å². The minimum Gasteiger partial charge on any atom is -0.474 e. The summed E-state index contributed by atoms with van der Waals surface area (Å²) in [7, 11) is 0. The second-order valence-corrected chi connectivity index (χ2v) is 7.98. The third-order valence-electron chi connectivity index (χ3n) is 5.26. The van der Waals surface area contributed by atoms with Gasteiger partial charge >= 0.3 is 12.1 Å². The molecule has 3 heterocycles. The highest BCUT2D eigenvalue weighted by Crippen LogP contribution is 2.30. The molecule has 1 saturated heterocycles. The number of amides is 2. The van der Waals surface area contributed by atoms with Crippen LogP contribution < -0.4 is 9.64 Å². The Morgan fingerprint density at radius 2 is 2.21 bits per heavy atom. The summed E-state index contributed by atoms with van der Waals surface area (Å²) < 4.78 is 38.2. The van der Waals surface area contributed by atoms with Gasteiger partial charge in [0.25, 0.3) is 5.91 Å². The topological polar surface area (TPSA) is 111 Å². The number of halogens is 1. The maximum Gasteiger partial charge on any atom is 0.414 e. The van der Waals surface area contributed by atoms with Gasteiger partial charge in [0.05, 0.1) is 17.4 Å². The van der Waals surface area contributed by atoms with Crippen LogP contribution in [0.4, 0.5) is 14.9 Å². The number of benzene rings is 1. The summed E-state index contributed by atoms with van der Waals surface area (Å²) in [6, 6.07) is 4.12. The zero-order valence-electron chi connectivity index (χ0n) is 17.7. The normalized spacial score (nSPS) is 18.1. The zero-order valence-corrected chi connectivity index (χ0v) is 18.5. The van der Waals surface area contributed by atoms with Crippen molar-refractivity contribution in [2.75, 3.05) is 37.8 Å². The van der Waals surface area contributed by atoms with Crippen molar-refractivity contribution in [3.8, 4) is 5.88 Å². The molecular weight excluding hydrogens is 455 g/mol. The number of hydrogen-bond acceptors (Lipinski definition) is 9. The maximum absolute atomic E-state index is 15.0. The molecule has 0 bridgehead atoms. The molecule has 0 radical (unpaired) electrons. The largest absolute Gasteiger partial charge is 0.474 e. The maximum atomic E-state index is 15.0. The molecule has 0 N–H and O–H groups in total. The number of carbonyl (C=O) groups excluding carboxylic acids is 3.